The molecule has 8 heteroatoms. The molecule has 0 aromatic carbocycles. The Morgan fingerprint density at radius 2 is 2.08 bits per heavy atom. The van der Waals surface area contributed by atoms with Crippen LogP contribution in [0.5, 0.6) is 0 Å². The molecule has 24 heavy (non-hydrogen) atoms. The van der Waals surface area contributed by atoms with Crippen molar-refractivity contribution in [3.8, 4) is 0 Å². The minimum absolute atomic E-state index is 0.129. The summed E-state index contributed by atoms with van der Waals surface area (Å²) in [5.41, 5.74) is 0.191. The van der Waals surface area contributed by atoms with Crippen LogP contribution >= 0.6 is 0 Å². The smallest absolute Gasteiger partial charge is 0.309 e. The number of fused-ring (bicyclic) bond motifs is 1. The van der Waals surface area contributed by atoms with Crippen molar-refractivity contribution < 1.29 is 4.79 Å². The van der Waals surface area contributed by atoms with Crippen LogP contribution in [0.3, 0.4) is 0 Å². The highest BCUT2D eigenvalue weighted by Crippen LogP contribution is 2.31. The number of hydrogen-bond acceptors (Lipinski definition) is 4. The molecule has 4 rings (SSSR count). The van der Waals surface area contributed by atoms with Crippen LogP contribution in [0.25, 0.3) is 5.65 Å². The average Bonchev–Trinajstić information content (AvgIpc) is 3.29. The first-order chi connectivity index (χ1) is 11.7. The molecule has 0 radical (unpaired) electrons. The van der Waals surface area contributed by atoms with Gasteiger partial charge in [0.25, 0.3) is 0 Å². The number of anilines is 1. The minimum Gasteiger partial charge on any atom is -0.309 e. The van der Waals surface area contributed by atoms with Crippen LogP contribution in [0.4, 0.5) is 5.82 Å². The van der Waals surface area contributed by atoms with E-state index in [-0.39, 0.29) is 18.1 Å². The molecule has 1 saturated carbocycles. The van der Waals surface area contributed by atoms with Crippen LogP contribution in [-0.4, -0.2) is 29.9 Å². The lowest BCUT2D eigenvalue weighted by atomic mass is 10.2. The highest BCUT2D eigenvalue weighted by atomic mass is 16.2. The van der Waals surface area contributed by atoms with Gasteiger partial charge in [0, 0.05) is 12.3 Å². The number of amides is 1. The van der Waals surface area contributed by atoms with Gasteiger partial charge < -0.3 is 5.32 Å². The fourth-order valence-electron chi connectivity index (χ4n) is 3.24. The Labute approximate surface area is 137 Å². The van der Waals surface area contributed by atoms with Gasteiger partial charge in [-0.15, -0.1) is 5.10 Å². The van der Waals surface area contributed by atoms with Gasteiger partial charge in [-0.25, -0.2) is 14.2 Å². The van der Waals surface area contributed by atoms with Crippen LogP contribution in [0.2, 0.25) is 0 Å². The molecule has 1 aliphatic rings. The highest BCUT2D eigenvalue weighted by molar-refractivity contribution is 5.89. The maximum absolute atomic E-state index is 12.3. The predicted molar refractivity (Wildman–Crippen MR) is 87.8 cm³/mol. The Kier molecular flexibility index (Phi) is 3.64. The van der Waals surface area contributed by atoms with Crippen molar-refractivity contribution in [2.45, 2.75) is 38.3 Å². The Morgan fingerprint density at radius 1 is 1.25 bits per heavy atom. The van der Waals surface area contributed by atoms with E-state index in [0.29, 0.717) is 17.5 Å². The summed E-state index contributed by atoms with van der Waals surface area (Å²) >= 11 is 0. The predicted octanol–water partition coefficient (Wildman–Crippen LogP) is 1.45. The monoisotopic (exact) mass is 326 g/mol. The van der Waals surface area contributed by atoms with Crippen molar-refractivity contribution in [2.75, 3.05) is 5.32 Å². The van der Waals surface area contributed by atoms with Crippen LogP contribution in [-0.2, 0) is 11.3 Å². The first-order valence-corrected chi connectivity index (χ1v) is 8.10. The first kappa shape index (κ1) is 14.7. The third-order valence-corrected chi connectivity index (χ3v) is 4.39. The van der Waals surface area contributed by atoms with Crippen molar-refractivity contribution in [3.63, 3.8) is 0 Å². The number of pyridine rings is 1. The molecule has 3 aromatic heterocycles. The standard InChI is InChI=1S/C16H18N6O2/c23-15(11-21-16(24)20-10-4-3-7-14(20)19-21)18-13-8-9-17-22(13)12-5-1-2-6-12/h3-4,7-10,12H,1-2,5-6,11H2,(H,18,23). The van der Waals surface area contributed by atoms with Gasteiger partial charge in [0.15, 0.2) is 5.65 Å². The van der Waals surface area contributed by atoms with E-state index in [1.165, 1.54) is 21.9 Å². The molecule has 3 aromatic rings. The molecule has 0 bridgehead atoms. The molecule has 1 N–H and O–H groups in total. The normalized spacial score (nSPS) is 15.2. The maximum Gasteiger partial charge on any atom is 0.350 e. The van der Waals surface area contributed by atoms with E-state index < -0.39 is 0 Å². The number of carbonyl (C=O) groups excluding carboxylic acids is 1. The Hall–Kier alpha value is -2.90. The van der Waals surface area contributed by atoms with Crippen molar-refractivity contribution >= 4 is 17.4 Å². The van der Waals surface area contributed by atoms with Crippen LogP contribution < -0.4 is 11.0 Å². The molecule has 0 unspecified atom stereocenters. The zero-order chi connectivity index (χ0) is 16.5. The van der Waals surface area contributed by atoms with Crippen molar-refractivity contribution in [1.29, 1.82) is 0 Å². The lowest BCUT2D eigenvalue weighted by Gasteiger charge is -2.14. The van der Waals surface area contributed by atoms with Gasteiger partial charge in [-0.3, -0.25) is 9.20 Å². The van der Waals surface area contributed by atoms with Gasteiger partial charge in [-0.1, -0.05) is 18.9 Å². The summed E-state index contributed by atoms with van der Waals surface area (Å²) in [4.78, 5) is 24.5. The number of carbonyl (C=O) groups is 1. The molecular weight excluding hydrogens is 308 g/mol. The molecule has 124 valence electrons. The molecular formula is C16H18N6O2. The Morgan fingerprint density at radius 3 is 2.88 bits per heavy atom. The van der Waals surface area contributed by atoms with Crippen LogP contribution in [0, 0.1) is 0 Å². The molecule has 0 atom stereocenters. The van der Waals surface area contributed by atoms with Crippen molar-refractivity contribution in [1.82, 2.24) is 24.0 Å². The fraction of sp³-hybridized carbons (Fsp3) is 0.375. The lowest BCUT2D eigenvalue weighted by molar-refractivity contribution is -0.117. The zero-order valence-electron chi connectivity index (χ0n) is 13.1. The summed E-state index contributed by atoms with van der Waals surface area (Å²) < 4.78 is 4.45. The van der Waals surface area contributed by atoms with Gasteiger partial charge in [0.1, 0.15) is 12.4 Å². The summed E-state index contributed by atoms with van der Waals surface area (Å²) in [6.07, 6.45) is 7.86. The fourth-order valence-corrected chi connectivity index (χ4v) is 3.24. The lowest BCUT2D eigenvalue weighted by Crippen LogP contribution is -2.29. The minimum atomic E-state index is -0.329. The summed E-state index contributed by atoms with van der Waals surface area (Å²) in [5, 5.41) is 11.3. The Bertz CT molecular complexity index is 931. The van der Waals surface area contributed by atoms with Crippen LogP contribution in [0.15, 0.2) is 41.5 Å². The van der Waals surface area contributed by atoms with E-state index in [9.17, 15) is 9.59 Å². The largest absolute Gasteiger partial charge is 0.350 e. The second-order valence-electron chi connectivity index (χ2n) is 6.02. The number of nitrogens with zero attached hydrogens (tertiary/aromatic N) is 5. The van der Waals surface area contributed by atoms with E-state index >= 15 is 0 Å². The number of nitrogens with one attached hydrogen (secondary N) is 1. The molecule has 0 aliphatic heterocycles. The van der Waals surface area contributed by atoms with Gasteiger partial charge >= 0.3 is 5.69 Å². The highest BCUT2D eigenvalue weighted by Gasteiger charge is 2.20. The van der Waals surface area contributed by atoms with Gasteiger partial charge in [0.2, 0.25) is 5.91 Å². The average molecular weight is 326 g/mol. The van der Waals surface area contributed by atoms with Gasteiger partial charge in [-0.2, -0.15) is 5.10 Å². The molecule has 0 saturated heterocycles. The molecule has 3 heterocycles. The van der Waals surface area contributed by atoms with E-state index in [2.05, 4.69) is 15.5 Å². The van der Waals surface area contributed by atoms with Gasteiger partial charge in [-0.05, 0) is 25.0 Å². The number of aromatic nitrogens is 5. The third kappa shape index (κ3) is 2.60. The van der Waals surface area contributed by atoms with Crippen molar-refractivity contribution in [3.05, 3.63) is 47.1 Å². The zero-order valence-corrected chi connectivity index (χ0v) is 13.1. The number of rotatable bonds is 4. The quantitative estimate of drug-likeness (QED) is 0.786. The molecule has 0 spiro atoms. The summed E-state index contributed by atoms with van der Waals surface area (Å²) in [6.45, 7) is -0.129. The van der Waals surface area contributed by atoms with E-state index in [1.54, 1.807) is 36.7 Å². The molecule has 1 aliphatic carbocycles. The first-order valence-electron chi connectivity index (χ1n) is 8.10. The SMILES string of the molecule is O=C(Cn1nc2ccccn2c1=O)Nc1ccnn1C1CCCC1. The maximum atomic E-state index is 12.3. The van der Waals surface area contributed by atoms with Gasteiger partial charge in [0.05, 0.1) is 12.2 Å². The van der Waals surface area contributed by atoms with Crippen molar-refractivity contribution in [2.24, 2.45) is 0 Å². The second kappa shape index (κ2) is 5.95. The Balaban J connectivity index is 1.52. The second-order valence-corrected chi connectivity index (χ2v) is 6.02. The van der Waals surface area contributed by atoms with E-state index in [1.807, 2.05) is 4.68 Å². The number of hydrogen-bond donors (Lipinski definition) is 1. The van der Waals surface area contributed by atoms with E-state index in [4.69, 9.17) is 0 Å². The van der Waals surface area contributed by atoms with Crippen LogP contribution in [0.1, 0.15) is 31.7 Å². The van der Waals surface area contributed by atoms with E-state index in [0.717, 1.165) is 12.8 Å². The molecule has 1 amide bonds. The molecule has 1 fully saturated rings. The summed E-state index contributed by atoms with van der Waals surface area (Å²) in [6, 6.07) is 7.40. The molecule has 8 nitrogen and oxygen atoms in total. The third-order valence-electron chi connectivity index (χ3n) is 4.39. The topological polar surface area (TPSA) is 86.2 Å². The summed E-state index contributed by atoms with van der Waals surface area (Å²) in [7, 11) is 0. The summed E-state index contributed by atoms with van der Waals surface area (Å²) in [5.74, 6) is 0.379.